The highest BCUT2D eigenvalue weighted by Crippen LogP contribution is 2.55. The zero-order valence-electron chi connectivity index (χ0n) is 31.7. The molecule has 3 rings (SSSR count). The predicted molar refractivity (Wildman–Crippen MR) is 202 cm³/mol. The number of ether oxygens (including phenoxy) is 4. The molecule has 2 heterocycles. The SMILES string of the molecule is COc1ccc(C2O[C@H](C(C)C)[C@H](OC)[13C@H]([13CH2]C3([13C@H](C)[13C@@H](CO[Si](C)(C)C(C)(C)C)O[Si](C)(C)C(C)(C)C)SCCCS3)O2)cc1. The van der Waals surface area contributed by atoms with Crippen molar-refractivity contribution in [3.05, 3.63) is 29.8 Å². The second-order valence-electron chi connectivity index (χ2n) is 16.7. The lowest BCUT2D eigenvalue weighted by atomic mass is 10.0. The summed E-state index contributed by atoms with van der Waals surface area (Å²) in [5, 5.41) is 0.233. The Morgan fingerprint density at radius 2 is 1.43 bits per heavy atom. The van der Waals surface area contributed by atoms with Crippen molar-refractivity contribution >= 4 is 40.2 Å². The van der Waals surface area contributed by atoms with Gasteiger partial charge in [0.05, 0.1) is 36.1 Å². The molecule has 2 aliphatic rings. The van der Waals surface area contributed by atoms with Crippen LogP contribution in [0.4, 0.5) is 0 Å². The van der Waals surface area contributed by atoms with Gasteiger partial charge in [-0.25, -0.2) is 0 Å². The van der Waals surface area contributed by atoms with Crippen molar-refractivity contribution in [3.63, 3.8) is 0 Å². The van der Waals surface area contributed by atoms with E-state index < -0.39 is 22.9 Å². The van der Waals surface area contributed by atoms with Crippen LogP contribution in [0, 0.1) is 11.8 Å². The minimum Gasteiger partial charge on any atom is -0.497 e. The van der Waals surface area contributed by atoms with Gasteiger partial charge in [-0.15, -0.1) is 23.5 Å². The lowest BCUT2D eigenvalue weighted by Gasteiger charge is -2.51. The van der Waals surface area contributed by atoms with Gasteiger partial charge in [0.2, 0.25) is 0 Å². The van der Waals surface area contributed by atoms with Crippen molar-refractivity contribution in [3.8, 4) is 5.75 Å². The normalized spacial score (nSPS) is 26.2. The van der Waals surface area contributed by atoms with Crippen LogP contribution in [-0.4, -0.2) is 77.5 Å². The minimum absolute atomic E-state index is 0.0211. The molecule has 1 aromatic carbocycles. The molecule has 6 nitrogen and oxygen atoms in total. The summed E-state index contributed by atoms with van der Waals surface area (Å²) < 4.78 is 39.5. The number of benzene rings is 1. The van der Waals surface area contributed by atoms with Crippen LogP contribution >= 0.6 is 23.5 Å². The summed E-state index contributed by atoms with van der Waals surface area (Å²) >= 11 is 4.20. The lowest BCUT2D eigenvalue weighted by molar-refractivity contribution is -0.302. The quantitative estimate of drug-likeness (QED) is 0.148. The molecule has 0 aromatic heterocycles. The minimum atomic E-state index is -2.10. The third-order valence-electron chi connectivity index (χ3n) is 11.0. The van der Waals surface area contributed by atoms with Gasteiger partial charge in [0.1, 0.15) is 11.9 Å². The van der Waals surface area contributed by atoms with Crippen molar-refractivity contribution in [1.29, 1.82) is 0 Å². The molecular weight excluding hydrogens is 653 g/mol. The van der Waals surface area contributed by atoms with E-state index in [0.717, 1.165) is 29.2 Å². The second-order valence-corrected chi connectivity index (χ2v) is 29.3. The molecule has 10 heteroatoms. The molecule has 46 heavy (non-hydrogen) atoms. The molecule has 2 aliphatic heterocycles. The van der Waals surface area contributed by atoms with Gasteiger partial charge in [-0.1, -0.05) is 74.4 Å². The molecule has 0 aliphatic carbocycles. The average molecular weight is 719 g/mol. The van der Waals surface area contributed by atoms with Crippen LogP contribution in [0.5, 0.6) is 5.75 Å². The second kappa shape index (κ2) is 15.9. The number of methoxy groups -OCH3 is 2. The molecule has 0 spiro atoms. The lowest BCUT2D eigenvalue weighted by Crippen LogP contribution is -2.56. The van der Waals surface area contributed by atoms with Crippen molar-refractivity contribution in [1.82, 2.24) is 0 Å². The van der Waals surface area contributed by atoms with Crippen LogP contribution < -0.4 is 4.74 Å². The molecule has 2 fully saturated rings. The highest BCUT2D eigenvalue weighted by Gasteiger charge is 2.52. The van der Waals surface area contributed by atoms with Gasteiger partial charge < -0.3 is 27.8 Å². The van der Waals surface area contributed by atoms with E-state index in [1.807, 2.05) is 12.1 Å². The molecule has 2 saturated heterocycles. The van der Waals surface area contributed by atoms with E-state index in [2.05, 4.69) is 124 Å². The largest absolute Gasteiger partial charge is 0.497 e. The van der Waals surface area contributed by atoms with Gasteiger partial charge >= 0.3 is 0 Å². The average Bonchev–Trinajstić information content (AvgIpc) is 2.97. The highest BCUT2D eigenvalue weighted by atomic mass is 32.2. The summed E-state index contributed by atoms with van der Waals surface area (Å²) in [6.07, 6.45) is 1.15. The molecule has 266 valence electrons. The van der Waals surface area contributed by atoms with E-state index in [9.17, 15) is 0 Å². The fourth-order valence-electron chi connectivity index (χ4n) is 5.67. The first-order valence-electron chi connectivity index (χ1n) is 17.3. The summed E-state index contributed by atoms with van der Waals surface area (Å²) in [5.41, 5.74) is 0.999. The van der Waals surface area contributed by atoms with E-state index >= 15 is 0 Å². The Hall–Kier alpha value is -0.0462. The van der Waals surface area contributed by atoms with Gasteiger partial charge in [-0.3, -0.25) is 0 Å². The topological polar surface area (TPSA) is 55.4 Å². The maximum atomic E-state index is 7.37. The van der Waals surface area contributed by atoms with E-state index in [1.165, 1.54) is 6.42 Å². The Labute approximate surface area is 292 Å². The standard InChI is InChI=1S/C36H66O6S2Si2/c1-25(2)31-32(38-11)29(40-33(41-31)27-17-19-28(37-10)20-18-27)23-36(43-21-16-22-44-36)26(3)30(42-46(14,15)35(7,8)9)24-39-45(12,13)34(4,5)6/h17-20,25-26,29-33H,16,21-24H2,1-15H3/t26-,29+,30-,31-,32-,33?/m1/s1/i23+1,26+1,29+1,30+1. The van der Waals surface area contributed by atoms with E-state index in [-0.39, 0.29) is 50.4 Å². The van der Waals surface area contributed by atoms with Crippen LogP contribution in [0.1, 0.15) is 87.0 Å². The molecule has 0 radical (unpaired) electrons. The Morgan fingerprint density at radius 3 is 1.91 bits per heavy atom. The van der Waals surface area contributed by atoms with Crippen molar-refractivity contribution < 1.29 is 27.8 Å². The molecule has 1 aromatic rings. The number of hydrogen-bond donors (Lipinski definition) is 0. The van der Waals surface area contributed by atoms with Gasteiger partial charge in [0.25, 0.3) is 0 Å². The van der Waals surface area contributed by atoms with E-state index in [4.69, 9.17) is 27.8 Å². The molecule has 0 bridgehead atoms. The first-order chi connectivity index (χ1) is 21.2. The Morgan fingerprint density at radius 1 is 0.870 bits per heavy atom. The van der Waals surface area contributed by atoms with Crippen LogP contribution in [0.15, 0.2) is 24.3 Å². The molecule has 1 unspecified atom stereocenters. The summed E-state index contributed by atoms with van der Waals surface area (Å²) in [6.45, 7) is 30.9. The highest BCUT2D eigenvalue weighted by molar-refractivity contribution is 8.18. The smallest absolute Gasteiger partial charge is 0.192 e. The maximum Gasteiger partial charge on any atom is 0.192 e. The fourth-order valence-corrected chi connectivity index (χ4v) is 11.7. The first-order valence-corrected chi connectivity index (χ1v) is 25.0. The number of thioether (sulfide) groups is 2. The van der Waals surface area contributed by atoms with Crippen LogP contribution in [-0.2, 0) is 23.1 Å². The summed E-state index contributed by atoms with van der Waals surface area (Å²) in [7, 11) is -0.594. The van der Waals surface area contributed by atoms with Crippen LogP contribution in [0.25, 0.3) is 0 Å². The summed E-state index contributed by atoms with van der Waals surface area (Å²) in [4.78, 5) is 0. The molecule has 0 saturated carbocycles. The van der Waals surface area contributed by atoms with Gasteiger partial charge in [0.15, 0.2) is 22.9 Å². The maximum absolute atomic E-state index is 7.37. The summed E-state index contributed by atoms with van der Waals surface area (Å²) in [6, 6.07) is 8.06. The third kappa shape index (κ3) is 9.59. The number of rotatable bonds is 13. The van der Waals surface area contributed by atoms with Crippen molar-refractivity contribution in [2.45, 2.75) is 146 Å². The van der Waals surface area contributed by atoms with Crippen LogP contribution in [0.2, 0.25) is 36.3 Å². The zero-order valence-corrected chi connectivity index (χ0v) is 35.3. The third-order valence-corrected chi connectivity index (χ3v) is 23.7. The molecule has 6 atom stereocenters. The number of hydrogen-bond acceptors (Lipinski definition) is 8. The molecule has 0 N–H and O–H groups in total. The van der Waals surface area contributed by atoms with Crippen molar-refractivity contribution in [2.75, 3.05) is 32.3 Å². The molecule has 0 amide bonds. The Kier molecular flexibility index (Phi) is 13.9. The Balaban J connectivity index is 2.02. The fraction of sp³-hybridized carbons (Fsp3) is 0.833. The Bertz CT molecular complexity index is 1080. The zero-order chi connectivity index (χ0) is 34.7. The summed E-state index contributed by atoms with van der Waals surface area (Å²) in [5.74, 6) is 3.57. The van der Waals surface area contributed by atoms with E-state index in [0.29, 0.717) is 6.61 Å². The van der Waals surface area contributed by atoms with Gasteiger partial charge in [-0.05, 0) is 72.2 Å². The first kappa shape index (κ1) is 40.4. The predicted octanol–water partition coefficient (Wildman–Crippen LogP) is 10.2. The molecular formula is C36H66O6S2Si2. The van der Waals surface area contributed by atoms with Crippen LogP contribution in [0.3, 0.4) is 0 Å². The van der Waals surface area contributed by atoms with Gasteiger partial charge in [0, 0.05) is 25.0 Å². The van der Waals surface area contributed by atoms with E-state index in [1.54, 1.807) is 14.2 Å². The van der Waals surface area contributed by atoms with Crippen molar-refractivity contribution in [2.24, 2.45) is 11.8 Å². The monoisotopic (exact) mass is 718 g/mol. The van der Waals surface area contributed by atoms with Gasteiger partial charge in [-0.2, -0.15) is 0 Å².